The first-order chi connectivity index (χ1) is 9.97. The summed E-state index contributed by atoms with van der Waals surface area (Å²) in [6.45, 7) is 1.80. The van der Waals surface area contributed by atoms with E-state index < -0.39 is 10.1 Å². The van der Waals surface area contributed by atoms with Crippen LogP contribution in [0.1, 0.15) is 5.56 Å². The summed E-state index contributed by atoms with van der Waals surface area (Å²) < 4.78 is 46.6. The molecule has 4 nitrogen and oxygen atoms in total. The molecule has 2 rings (SSSR count). The predicted octanol–water partition coefficient (Wildman–Crippen LogP) is 2.92. The van der Waals surface area contributed by atoms with Gasteiger partial charge in [-0.05, 0) is 43.3 Å². The van der Waals surface area contributed by atoms with Gasteiger partial charge in [-0.2, -0.15) is 8.42 Å². The van der Waals surface area contributed by atoms with Crippen molar-refractivity contribution < 1.29 is 21.7 Å². The molecule has 0 aliphatic carbocycles. The standard InChI is InChI=1S/C15H15FO4S/c1-12-2-8-15(9-3-12)21(17,18)20-11-10-19-14-6-4-13(16)5-7-14/h2-9H,10-11H2,1H3. The quantitative estimate of drug-likeness (QED) is 0.608. The molecule has 0 bridgehead atoms. The van der Waals surface area contributed by atoms with Crippen LogP contribution in [0.2, 0.25) is 0 Å². The lowest BCUT2D eigenvalue weighted by Gasteiger charge is -2.08. The van der Waals surface area contributed by atoms with E-state index in [4.69, 9.17) is 8.92 Å². The second-order valence-corrected chi connectivity index (χ2v) is 6.01. The highest BCUT2D eigenvalue weighted by atomic mass is 32.2. The summed E-state index contributed by atoms with van der Waals surface area (Å²) in [4.78, 5) is 0.106. The van der Waals surface area contributed by atoms with Gasteiger partial charge in [0.25, 0.3) is 10.1 Å². The van der Waals surface area contributed by atoms with Crippen LogP contribution in [0.15, 0.2) is 53.4 Å². The Hall–Kier alpha value is -1.92. The maximum atomic E-state index is 12.7. The van der Waals surface area contributed by atoms with Crippen molar-refractivity contribution in [2.24, 2.45) is 0 Å². The number of ether oxygens (including phenoxy) is 1. The molecular weight excluding hydrogens is 295 g/mol. The van der Waals surface area contributed by atoms with Crippen LogP contribution in [0, 0.1) is 12.7 Å². The van der Waals surface area contributed by atoms with E-state index in [1.165, 1.54) is 36.4 Å². The average Bonchev–Trinajstić information content (AvgIpc) is 2.46. The minimum Gasteiger partial charge on any atom is -0.491 e. The summed E-state index contributed by atoms with van der Waals surface area (Å²) in [5.41, 5.74) is 0.966. The Labute approximate surface area is 123 Å². The lowest BCUT2D eigenvalue weighted by atomic mass is 10.2. The maximum Gasteiger partial charge on any atom is 0.297 e. The Morgan fingerprint density at radius 2 is 1.57 bits per heavy atom. The number of hydrogen-bond donors (Lipinski definition) is 0. The lowest BCUT2D eigenvalue weighted by Crippen LogP contribution is -2.13. The molecule has 0 aliphatic rings. The normalized spacial score (nSPS) is 11.3. The Morgan fingerprint density at radius 1 is 0.952 bits per heavy atom. The Kier molecular flexibility index (Phi) is 4.93. The van der Waals surface area contributed by atoms with Crippen molar-refractivity contribution in [3.63, 3.8) is 0 Å². The molecule has 0 saturated heterocycles. The molecule has 0 aliphatic heterocycles. The van der Waals surface area contributed by atoms with Gasteiger partial charge in [-0.15, -0.1) is 0 Å². The summed E-state index contributed by atoms with van der Waals surface area (Å²) in [6, 6.07) is 11.8. The van der Waals surface area contributed by atoms with Crippen molar-refractivity contribution >= 4 is 10.1 Å². The zero-order chi connectivity index (χ0) is 15.3. The van der Waals surface area contributed by atoms with Gasteiger partial charge in [-0.3, -0.25) is 4.18 Å². The fourth-order valence-corrected chi connectivity index (χ4v) is 2.50. The van der Waals surface area contributed by atoms with Crippen molar-refractivity contribution in [2.75, 3.05) is 13.2 Å². The van der Waals surface area contributed by atoms with Gasteiger partial charge in [0.05, 0.1) is 4.90 Å². The average molecular weight is 310 g/mol. The predicted molar refractivity (Wildman–Crippen MR) is 76.2 cm³/mol. The molecule has 2 aromatic carbocycles. The van der Waals surface area contributed by atoms with Crippen LogP contribution in [0.5, 0.6) is 5.75 Å². The highest BCUT2D eigenvalue weighted by molar-refractivity contribution is 7.86. The van der Waals surface area contributed by atoms with E-state index in [0.29, 0.717) is 5.75 Å². The van der Waals surface area contributed by atoms with E-state index in [-0.39, 0.29) is 23.9 Å². The zero-order valence-electron chi connectivity index (χ0n) is 11.5. The first-order valence-electron chi connectivity index (χ1n) is 6.32. The maximum absolute atomic E-state index is 12.7. The lowest BCUT2D eigenvalue weighted by molar-refractivity contribution is 0.221. The monoisotopic (exact) mass is 310 g/mol. The number of rotatable bonds is 6. The molecule has 0 spiro atoms. The van der Waals surface area contributed by atoms with Gasteiger partial charge in [0.1, 0.15) is 24.8 Å². The van der Waals surface area contributed by atoms with Crippen molar-refractivity contribution in [3.05, 3.63) is 59.9 Å². The first-order valence-corrected chi connectivity index (χ1v) is 7.73. The molecule has 0 aromatic heterocycles. The van der Waals surface area contributed by atoms with Gasteiger partial charge >= 0.3 is 0 Å². The van der Waals surface area contributed by atoms with Crippen LogP contribution in [0.3, 0.4) is 0 Å². The molecule has 2 aromatic rings. The van der Waals surface area contributed by atoms with Crippen LogP contribution in [0.25, 0.3) is 0 Å². The van der Waals surface area contributed by atoms with Gasteiger partial charge < -0.3 is 4.74 Å². The fourth-order valence-electron chi connectivity index (χ4n) is 1.61. The van der Waals surface area contributed by atoms with Crippen LogP contribution in [0.4, 0.5) is 4.39 Å². The summed E-state index contributed by atoms with van der Waals surface area (Å²) >= 11 is 0. The summed E-state index contributed by atoms with van der Waals surface area (Å²) in [6.07, 6.45) is 0. The van der Waals surface area contributed by atoms with Crippen LogP contribution >= 0.6 is 0 Å². The Balaban J connectivity index is 1.85. The highest BCUT2D eigenvalue weighted by Crippen LogP contribution is 2.14. The summed E-state index contributed by atoms with van der Waals surface area (Å²) in [5.74, 6) is 0.0910. The molecule has 0 heterocycles. The Morgan fingerprint density at radius 3 is 2.19 bits per heavy atom. The number of hydrogen-bond acceptors (Lipinski definition) is 4. The van der Waals surface area contributed by atoms with E-state index in [1.807, 2.05) is 6.92 Å². The molecule has 0 N–H and O–H groups in total. The van der Waals surface area contributed by atoms with Crippen LogP contribution in [-0.2, 0) is 14.3 Å². The third kappa shape index (κ3) is 4.54. The van der Waals surface area contributed by atoms with Gasteiger partial charge in [0, 0.05) is 0 Å². The molecule has 0 atom stereocenters. The van der Waals surface area contributed by atoms with E-state index in [9.17, 15) is 12.8 Å². The molecular formula is C15H15FO4S. The minimum atomic E-state index is -3.78. The van der Waals surface area contributed by atoms with Crippen molar-refractivity contribution in [3.8, 4) is 5.75 Å². The first kappa shape index (κ1) is 15.5. The molecule has 0 saturated carbocycles. The number of halogens is 1. The van der Waals surface area contributed by atoms with Crippen molar-refractivity contribution in [1.82, 2.24) is 0 Å². The van der Waals surface area contributed by atoms with E-state index in [1.54, 1.807) is 12.1 Å². The summed E-state index contributed by atoms with van der Waals surface area (Å²) in [7, 11) is -3.78. The highest BCUT2D eigenvalue weighted by Gasteiger charge is 2.14. The molecule has 0 radical (unpaired) electrons. The number of aryl methyl sites for hydroxylation is 1. The van der Waals surface area contributed by atoms with Crippen molar-refractivity contribution in [2.45, 2.75) is 11.8 Å². The second-order valence-electron chi connectivity index (χ2n) is 4.39. The molecule has 6 heteroatoms. The minimum absolute atomic E-state index is 0.0523. The molecule has 0 fully saturated rings. The van der Waals surface area contributed by atoms with Gasteiger partial charge in [0.15, 0.2) is 0 Å². The van der Waals surface area contributed by atoms with Gasteiger partial charge in [0.2, 0.25) is 0 Å². The summed E-state index contributed by atoms with van der Waals surface area (Å²) in [5, 5.41) is 0. The molecule has 0 unspecified atom stereocenters. The molecule has 21 heavy (non-hydrogen) atoms. The van der Waals surface area contributed by atoms with Gasteiger partial charge in [-0.25, -0.2) is 4.39 Å². The fraction of sp³-hybridized carbons (Fsp3) is 0.200. The topological polar surface area (TPSA) is 52.6 Å². The molecule has 0 amide bonds. The third-order valence-corrected chi connectivity index (χ3v) is 4.04. The Bertz CT molecular complexity index is 679. The molecule has 112 valence electrons. The van der Waals surface area contributed by atoms with Crippen LogP contribution in [-0.4, -0.2) is 21.6 Å². The second kappa shape index (κ2) is 6.69. The number of benzene rings is 2. The van der Waals surface area contributed by atoms with Crippen LogP contribution < -0.4 is 4.74 Å². The van der Waals surface area contributed by atoms with Crippen molar-refractivity contribution in [1.29, 1.82) is 0 Å². The van der Waals surface area contributed by atoms with E-state index >= 15 is 0 Å². The zero-order valence-corrected chi connectivity index (χ0v) is 12.3. The smallest absolute Gasteiger partial charge is 0.297 e. The largest absolute Gasteiger partial charge is 0.491 e. The SMILES string of the molecule is Cc1ccc(S(=O)(=O)OCCOc2ccc(F)cc2)cc1. The third-order valence-electron chi connectivity index (χ3n) is 2.71. The van der Waals surface area contributed by atoms with E-state index in [0.717, 1.165) is 5.56 Å². The van der Waals surface area contributed by atoms with E-state index in [2.05, 4.69) is 0 Å². The van der Waals surface area contributed by atoms with Gasteiger partial charge in [-0.1, -0.05) is 17.7 Å².